The molecule has 0 aliphatic heterocycles. The van der Waals surface area contributed by atoms with Crippen LogP contribution in [0.4, 0.5) is 0 Å². The van der Waals surface area contributed by atoms with E-state index in [1.165, 1.54) is 7.14 Å². The molecule has 0 bridgehead atoms. The fraction of sp³-hybridized carbons (Fsp3) is 0.429. The second kappa shape index (κ2) is 21.1. The topological polar surface area (TPSA) is 84.9 Å². The number of hydrogen-bond acceptors (Lipinski definition) is 5. The van der Waals surface area contributed by atoms with Gasteiger partial charge in [-0.2, -0.15) is 0 Å². The molecule has 0 saturated heterocycles. The first kappa shape index (κ1) is 28.9. The lowest BCUT2D eigenvalue weighted by atomic mass is 10.2. The van der Waals surface area contributed by atoms with E-state index in [2.05, 4.69) is 61.1 Å². The van der Waals surface area contributed by atoms with E-state index in [1.807, 2.05) is 48.5 Å². The van der Waals surface area contributed by atoms with Gasteiger partial charge in [-0.05, 0) is 113 Å². The molecule has 164 valence electrons. The summed E-state index contributed by atoms with van der Waals surface area (Å²) in [5.74, 6) is 1.86. The Hall–Kier alpha value is -0.140. The predicted molar refractivity (Wildman–Crippen MR) is 140 cm³/mol. The van der Waals surface area contributed by atoms with E-state index in [-0.39, 0.29) is 13.2 Å². The molecule has 5 nitrogen and oxygen atoms in total. The molecular formula is C21H30BrI2NO4. The minimum atomic E-state index is 0.0972. The van der Waals surface area contributed by atoms with Crippen LogP contribution in [0, 0.1) is 7.14 Å². The Balaban J connectivity index is 0.000000466. The normalized spacial score (nSPS) is 9.59. The quantitative estimate of drug-likeness (QED) is 0.189. The summed E-state index contributed by atoms with van der Waals surface area (Å²) >= 11 is 7.83. The van der Waals surface area contributed by atoms with Crippen LogP contribution in [0.3, 0.4) is 0 Å². The first-order valence-corrected chi connectivity index (χ1v) is 12.6. The van der Waals surface area contributed by atoms with Gasteiger partial charge < -0.3 is 25.4 Å². The van der Waals surface area contributed by atoms with Gasteiger partial charge in [-0.3, -0.25) is 0 Å². The average molecular weight is 694 g/mol. The summed E-state index contributed by atoms with van der Waals surface area (Å²) in [7, 11) is 0. The van der Waals surface area contributed by atoms with Crippen molar-refractivity contribution in [2.75, 3.05) is 38.3 Å². The Labute approximate surface area is 209 Å². The van der Waals surface area contributed by atoms with Gasteiger partial charge in [0.2, 0.25) is 0 Å². The Morgan fingerprint density at radius 2 is 1.17 bits per heavy atom. The highest BCUT2D eigenvalue weighted by Gasteiger charge is 1.93. The van der Waals surface area contributed by atoms with Crippen LogP contribution in [0.2, 0.25) is 0 Å². The lowest BCUT2D eigenvalue weighted by molar-refractivity contribution is 0.266. The largest absolute Gasteiger partial charge is 0.494 e. The number of alkyl halides is 1. The molecule has 29 heavy (non-hydrogen) atoms. The summed E-state index contributed by atoms with van der Waals surface area (Å²) in [4.78, 5) is 0. The van der Waals surface area contributed by atoms with Crippen LogP contribution in [-0.2, 0) is 0 Å². The van der Waals surface area contributed by atoms with Crippen molar-refractivity contribution in [1.82, 2.24) is 0 Å². The van der Waals surface area contributed by atoms with E-state index in [4.69, 9.17) is 25.4 Å². The lowest BCUT2D eigenvalue weighted by Gasteiger charge is -2.05. The van der Waals surface area contributed by atoms with Crippen LogP contribution < -0.4 is 15.2 Å². The molecule has 2 aromatic rings. The fourth-order valence-corrected chi connectivity index (χ4v) is 2.68. The van der Waals surface area contributed by atoms with Gasteiger partial charge in [0.1, 0.15) is 11.5 Å². The van der Waals surface area contributed by atoms with Crippen molar-refractivity contribution in [2.45, 2.75) is 19.3 Å². The molecule has 0 aromatic heterocycles. The van der Waals surface area contributed by atoms with Crippen LogP contribution in [0.25, 0.3) is 0 Å². The number of hydrogen-bond donors (Lipinski definition) is 3. The molecule has 0 unspecified atom stereocenters. The maximum atomic E-state index is 8.57. The Morgan fingerprint density at radius 3 is 1.55 bits per heavy atom. The van der Waals surface area contributed by atoms with Crippen molar-refractivity contribution in [3.8, 4) is 11.5 Å². The molecule has 0 aliphatic carbocycles. The summed E-state index contributed by atoms with van der Waals surface area (Å²) in [6.07, 6.45) is 2.91. The molecule has 0 atom stereocenters. The molecule has 0 heterocycles. The summed E-state index contributed by atoms with van der Waals surface area (Å²) in [5, 5.41) is 17.2. The smallest absolute Gasteiger partial charge is 0.119 e. The van der Waals surface area contributed by atoms with E-state index in [0.717, 1.165) is 49.3 Å². The molecule has 0 spiro atoms. The number of unbranched alkanes of at least 4 members (excludes halogenated alkanes) is 2. The Morgan fingerprint density at radius 1 is 0.724 bits per heavy atom. The first-order chi connectivity index (χ1) is 14.1. The molecule has 4 N–H and O–H groups in total. The van der Waals surface area contributed by atoms with Crippen molar-refractivity contribution < 1.29 is 19.7 Å². The van der Waals surface area contributed by atoms with Crippen LogP contribution in [0.1, 0.15) is 19.3 Å². The predicted octanol–water partition coefficient (Wildman–Crippen LogP) is 4.83. The second-order valence-corrected chi connectivity index (χ2v) is 8.87. The van der Waals surface area contributed by atoms with E-state index in [0.29, 0.717) is 6.54 Å². The van der Waals surface area contributed by atoms with Gasteiger partial charge in [-0.15, -0.1) is 0 Å². The monoisotopic (exact) mass is 693 g/mol. The maximum absolute atomic E-state index is 8.57. The van der Waals surface area contributed by atoms with Crippen LogP contribution in [-0.4, -0.2) is 48.5 Å². The second-order valence-electron chi connectivity index (χ2n) is 5.59. The van der Waals surface area contributed by atoms with E-state index in [9.17, 15) is 0 Å². The van der Waals surface area contributed by atoms with E-state index < -0.39 is 0 Å². The van der Waals surface area contributed by atoms with Gasteiger partial charge in [-0.1, -0.05) is 15.9 Å². The molecule has 8 heteroatoms. The molecule has 2 aromatic carbocycles. The van der Waals surface area contributed by atoms with Crippen molar-refractivity contribution in [3.63, 3.8) is 0 Å². The van der Waals surface area contributed by atoms with Gasteiger partial charge in [0.05, 0.1) is 19.8 Å². The number of nitrogens with two attached hydrogens (primary N) is 1. The number of ether oxygens (including phenoxy) is 2. The maximum Gasteiger partial charge on any atom is 0.119 e. The third-order valence-electron chi connectivity index (χ3n) is 3.17. The third kappa shape index (κ3) is 18.4. The number of aliphatic hydroxyl groups is 2. The summed E-state index contributed by atoms with van der Waals surface area (Å²) < 4.78 is 13.3. The minimum Gasteiger partial charge on any atom is -0.494 e. The first-order valence-electron chi connectivity index (χ1n) is 9.31. The van der Waals surface area contributed by atoms with Crippen LogP contribution in [0.15, 0.2) is 48.5 Å². The van der Waals surface area contributed by atoms with Crippen molar-refractivity contribution in [2.24, 2.45) is 5.73 Å². The highest BCUT2D eigenvalue weighted by atomic mass is 127. The lowest BCUT2D eigenvalue weighted by Crippen LogP contribution is -2.02. The molecule has 0 amide bonds. The van der Waals surface area contributed by atoms with Crippen molar-refractivity contribution >= 4 is 61.1 Å². The number of aliphatic hydroxyl groups excluding tert-OH is 2. The molecule has 2 rings (SSSR count). The van der Waals surface area contributed by atoms with Gasteiger partial charge in [0, 0.05) is 25.6 Å². The molecular weight excluding hydrogens is 664 g/mol. The highest BCUT2D eigenvalue weighted by molar-refractivity contribution is 14.1. The van der Waals surface area contributed by atoms with Crippen LogP contribution >= 0.6 is 61.1 Å². The zero-order valence-electron chi connectivity index (χ0n) is 16.4. The highest BCUT2D eigenvalue weighted by Crippen LogP contribution is 2.14. The SMILES string of the molecule is BrCCOc1ccc(I)cc1.NCCO.OCCCCCOc1ccc(I)cc1. The van der Waals surface area contributed by atoms with Crippen molar-refractivity contribution in [1.29, 1.82) is 0 Å². The number of benzene rings is 2. The van der Waals surface area contributed by atoms with Gasteiger partial charge in [0.25, 0.3) is 0 Å². The fourth-order valence-electron chi connectivity index (χ4n) is 1.80. The van der Waals surface area contributed by atoms with Gasteiger partial charge in [0.15, 0.2) is 0 Å². The standard InChI is InChI=1S/C11H15IO2.C8H8BrIO.C2H7NO/c12-10-4-6-11(7-5-10)14-9-3-1-2-8-13;9-5-6-11-8-3-1-7(10)2-4-8;3-1-2-4/h4-7,13H,1-3,8-9H2;1-4H,5-6H2;4H,1-3H2. The summed E-state index contributed by atoms with van der Waals surface area (Å²) in [6, 6.07) is 16.0. The Kier molecular flexibility index (Phi) is 21.0. The van der Waals surface area contributed by atoms with E-state index >= 15 is 0 Å². The number of rotatable bonds is 10. The van der Waals surface area contributed by atoms with Gasteiger partial charge >= 0.3 is 0 Å². The average Bonchev–Trinajstić information content (AvgIpc) is 2.75. The molecule has 0 aliphatic rings. The molecule has 0 saturated carbocycles. The Bertz CT molecular complexity index is 599. The van der Waals surface area contributed by atoms with Crippen LogP contribution in [0.5, 0.6) is 11.5 Å². The zero-order valence-corrected chi connectivity index (χ0v) is 22.3. The summed E-state index contributed by atoms with van der Waals surface area (Å²) in [6.45, 7) is 2.21. The van der Waals surface area contributed by atoms with Gasteiger partial charge in [-0.25, -0.2) is 0 Å². The third-order valence-corrected chi connectivity index (χ3v) is 4.94. The zero-order chi connectivity index (χ0) is 21.7. The van der Waals surface area contributed by atoms with E-state index in [1.54, 1.807) is 0 Å². The van der Waals surface area contributed by atoms with Crippen molar-refractivity contribution in [3.05, 3.63) is 55.7 Å². The minimum absolute atomic E-state index is 0.0972. The molecule has 0 fully saturated rings. The molecule has 0 radical (unpaired) electrons. The number of halogens is 3. The summed E-state index contributed by atoms with van der Waals surface area (Å²) in [5.41, 5.74) is 4.78.